The maximum atomic E-state index is 12.3. The molecular formula is C14H10N6O3. The van der Waals surface area contributed by atoms with Gasteiger partial charge < -0.3 is 5.73 Å². The van der Waals surface area contributed by atoms with Gasteiger partial charge in [0.2, 0.25) is 0 Å². The van der Waals surface area contributed by atoms with Crippen LogP contribution >= 0.6 is 0 Å². The molecule has 2 aromatic heterocycles. The second kappa shape index (κ2) is 4.26. The molecule has 9 nitrogen and oxygen atoms in total. The van der Waals surface area contributed by atoms with Crippen molar-refractivity contribution in [2.75, 3.05) is 5.73 Å². The van der Waals surface area contributed by atoms with E-state index in [1.54, 1.807) is 25.2 Å². The van der Waals surface area contributed by atoms with Crippen molar-refractivity contribution >= 4 is 28.7 Å². The van der Waals surface area contributed by atoms with Gasteiger partial charge in [-0.25, -0.2) is 0 Å². The Labute approximate surface area is 128 Å². The number of imide groups is 1. The molecule has 0 fully saturated rings. The maximum absolute atomic E-state index is 12.3. The summed E-state index contributed by atoms with van der Waals surface area (Å²) in [5, 5.41) is 10.5. The van der Waals surface area contributed by atoms with Gasteiger partial charge in [-0.3, -0.25) is 24.3 Å². The molecule has 23 heavy (non-hydrogen) atoms. The number of nitrogens with two attached hydrogens (primary N) is 1. The number of benzene rings is 1. The van der Waals surface area contributed by atoms with Crippen molar-refractivity contribution < 1.29 is 9.59 Å². The molecule has 0 unspecified atom stereocenters. The Bertz CT molecular complexity index is 1080. The van der Waals surface area contributed by atoms with E-state index in [0.29, 0.717) is 16.7 Å². The Morgan fingerprint density at radius 2 is 1.78 bits per heavy atom. The smallest absolute Gasteiger partial charge is 0.262 e. The van der Waals surface area contributed by atoms with Crippen LogP contribution in [-0.2, 0) is 7.05 Å². The number of amides is 2. The van der Waals surface area contributed by atoms with Crippen molar-refractivity contribution in [2.24, 2.45) is 7.05 Å². The Hall–Kier alpha value is -3.49. The normalized spacial score (nSPS) is 13.4. The van der Waals surface area contributed by atoms with Gasteiger partial charge in [0.05, 0.1) is 16.8 Å². The van der Waals surface area contributed by atoms with Crippen LogP contribution in [0.3, 0.4) is 0 Å². The monoisotopic (exact) mass is 310 g/mol. The summed E-state index contributed by atoms with van der Waals surface area (Å²) in [5.74, 6) is -1.32. The number of carbonyl (C=O) groups excluding carboxylic acids is 2. The summed E-state index contributed by atoms with van der Waals surface area (Å²) in [6.07, 6.45) is 0. The topological polar surface area (TPSA) is 125 Å². The largest absolute Gasteiger partial charge is 0.384 e. The van der Waals surface area contributed by atoms with E-state index < -0.39 is 17.4 Å². The molecule has 3 N–H and O–H groups in total. The van der Waals surface area contributed by atoms with Gasteiger partial charge in [-0.1, -0.05) is 0 Å². The Morgan fingerprint density at radius 1 is 1.04 bits per heavy atom. The fraction of sp³-hybridized carbons (Fsp3) is 0.0714. The minimum Gasteiger partial charge on any atom is -0.384 e. The minimum atomic E-state index is -0.620. The summed E-state index contributed by atoms with van der Waals surface area (Å²) in [7, 11) is 1.69. The zero-order chi connectivity index (χ0) is 16.3. The molecule has 0 spiro atoms. The number of nitrogens with zero attached hydrogens (tertiary/aromatic N) is 4. The van der Waals surface area contributed by atoms with Gasteiger partial charge >= 0.3 is 0 Å². The molecule has 0 atom stereocenters. The molecule has 2 amide bonds. The second-order valence-electron chi connectivity index (χ2n) is 5.14. The molecule has 3 aromatic rings. The van der Waals surface area contributed by atoms with Gasteiger partial charge in [0, 0.05) is 13.1 Å². The van der Waals surface area contributed by atoms with Crippen molar-refractivity contribution in [3.05, 3.63) is 45.7 Å². The van der Waals surface area contributed by atoms with Crippen LogP contribution in [0.5, 0.6) is 0 Å². The zero-order valence-corrected chi connectivity index (χ0v) is 11.9. The van der Waals surface area contributed by atoms with Crippen LogP contribution in [0.25, 0.3) is 16.7 Å². The summed E-state index contributed by atoms with van der Waals surface area (Å²) in [6.45, 7) is 0. The van der Waals surface area contributed by atoms with E-state index >= 15 is 0 Å². The van der Waals surface area contributed by atoms with Crippen LogP contribution in [0.15, 0.2) is 29.1 Å². The zero-order valence-electron chi connectivity index (χ0n) is 11.9. The third-order valence-corrected chi connectivity index (χ3v) is 3.68. The summed E-state index contributed by atoms with van der Waals surface area (Å²) < 4.78 is 1.17. The first-order chi connectivity index (χ1) is 11.0. The molecule has 114 valence electrons. The molecule has 1 aliphatic rings. The highest BCUT2D eigenvalue weighted by Gasteiger charge is 2.31. The van der Waals surface area contributed by atoms with E-state index in [0.717, 1.165) is 6.07 Å². The number of nitrogen functional groups attached to an aromatic ring is 1. The Balaban J connectivity index is 2.01. The molecule has 0 saturated carbocycles. The molecule has 1 aromatic carbocycles. The Kier molecular flexibility index (Phi) is 2.44. The molecule has 0 bridgehead atoms. The molecule has 1 aliphatic heterocycles. The molecule has 0 radical (unpaired) electrons. The predicted octanol–water partition coefficient (Wildman–Crippen LogP) is -0.415. The maximum Gasteiger partial charge on any atom is 0.262 e. The summed E-state index contributed by atoms with van der Waals surface area (Å²) in [4.78, 5) is 37.3. The number of aromatic nitrogens is 4. The van der Waals surface area contributed by atoms with Crippen LogP contribution in [-0.4, -0.2) is 31.4 Å². The number of aryl methyl sites for hydroxylation is 1. The molecular weight excluding hydrogens is 300 g/mol. The van der Waals surface area contributed by atoms with Crippen molar-refractivity contribution in [3.8, 4) is 5.69 Å². The molecule has 9 heteroatoms. The van der Waals surface area contributed by atoms with Gasteiger partial charge in [0.15, 0.2) is 0 Å². The van der Waals surface area contributed by atoms with Crippen LogP contribution in [0.2, 0.25) is 0 Å². The summed E-state index contributed by atoms with van der Waals surface area (Å²) in [5.41, 5.74) is 7.16. The molecule has 0 aliphatic carbocycles. The van der Waals surface area contributed by atoms with Crippen molar-refractivity contribution in [1.82, 2.24) is 24.9 Å². The number of rotatable bonds is 1. The van der Waals surface area contributed by atoms with Crippen molar-refractivity contribution in [2.45, 2.75) is 0 Å². The van der Waals surface area contributed by atoms with Gasteiger partial charge in [-0.05, 0) is 18.2 Å². The predicted molar refractivity (Wildman–Crippen MR) is 80.3 cm³/mol. The summed E-state index contributed by atoms with van der Waals surface area (Å²) in [6, 6.07) is 6.09. The number of pyridine rings is 1. The van der Waals surface area contributed by atoms with Crippen molar-refractivity contribution in [1.29, 1.82) is 0 Å². The SMILES string of the molecule is Cn1nc2ccc(-n3c(N)c4c(cc3=O)C(=O)NC4=O)cc2n1. The van der Waals surface area contributed by atoms with Crippen LogP contribution in [0.4, 0.5) is 5.82 Å². The van der Waals surface area contributed by atoms with E-state index in [-0.39, 0.29) is 16.9 Å². The number of hydrogen-bond acceptors (Lipinski definition) is 6. The quantitative estimate of drug-likeness (QED) is 0.588. The number of carbonyl (C=O) groups is 2. The molecule has 4 rings (SSSR count). The number of anilines is 1. The molecule has 0 saturated heterocycles. The van der Waals surface area contributed by atoms with Crippen molar-refractivity contribution in [3.63, 3.8) is 0 Å². The van der Waals surface area contributed by atoms with E-state index in [9.17, 15) is 14.4 Å². The highest BCUT2D eigenvalue weighted by Crippen LogP contribution is 2.23. The lowest BCUT2D eigenvalue weighted by atomic mass is 10.1. The summed E-state index contributed by atoms with van der Waals surface area (Å²) >= 11 is 0. The number of nitrogens with one attached hydrogen (secondary N) is 1. The van der Waals surface area contributed by atoms with Gasteiger partial charge in [0.1, 0.15) is 16.9 Å². The average Bonchev–Trinajstić information content (AvgIpc) is 2.98. The van der Waals surface area contributed by atoms with Crippen LogP contribution < -0.4 is 16.6 Å². The number of fused-ring (bicyclic) bond motifs is 2. The third kappa shape index (κ3) is 1.76. The van der Waals surface area contributed by atoms with E-state index in [2.05, 4.69) is 15.5 Å². The fourth-order valence-electron chi connectivity index (χ4n) is 2.70. The molecule has 3 heterocycles. The van der Waals surface area contributed by atoms with Gasteiger partial charge in [-0.2, -0.15) is 15.0 Å². The second-order valence-corrected chi connectivity index (χ2v) is 5.14. The van der Waals surface area contributed by atoms with Crippen LogP contribution in [0, 0.1) is 0 Å². The van der Waals surface area contributed by atoms with Gasteiger partial charge in [-0.15, -0.1) is 0 Å². The standard InChI is InChI=1S/C14H10N6O3/c1-19-17-8-3-2-6(4-9(8)18-19)20-10(21)5-7-11(12(20)15)14(23)16-13(7)22/h2-5H,15H2,1H3,(H,16,22,23). The first-order valence-electron chi connectivity index (χ1n) is 6.68. The first-order valence-corrected chi connectivity index (χ1v) is 6.68. The lowest BCUT2D eigenvalue weighted by molar-refractivity contribution is 0.0880. The lowest BCUT2D eigenvalue weighted by Gasteiger charge is -2.11. The van der Waals surface area contributed by atoms with E-state index in [1.165, 1.54) is 9.36 Å². The average molecular weight is 310 g/mol. The van der Waals surface area contributed by atoms with E-state index in [1.807, 2.05) is 0 Å². The van der Waals surface area contributed by atoms with E-state index in [4.69, 9.17) is 5.73 Å². The van der Waals surface area contributed by atoms with Gasteiger partial charge in [0.25, 0.3) is 17.4 Å². The third-order valence-electron chi connectivity index (χ3n) is 3.68. The first kappa shape index (κ1) is 13.2. The van der Waals surface area contributed by atoms with Crippen LogP contribution in [0.1, 0.15) is 20.7 Å². The lowest BCUT2D eigenvalue weighted by Crippen LogP contribution is -2.24. The highest BCUT2D eigenvalue weighted by molar-refractivity contribution is 6.23. The Morgan fingerprint density at radius 3 is 2.57 bits per heavy atom. The fourth-order valence-corrected chi connectivity index (χ4v) is 2.70. The minimum absolute atomic E-state index is 0.00525. The number of hydrogen-bond donors (Lipinski definition) is 2. The highest BCUT2D eigenvalue weighted by atomic mass is 16.2.